The Bertz CT molecular complexity index is 892. The highest BCUT2D eigenvalue weighted by molar-refractivity contribution is 5.93. The number of hydrogen-bond acceptors (Lipinski definition) is 4. The maximum atomic E-state index is 12.4. The molecule has 5 heteroatoms. The molecule has 0 aliphatic heterocycles. The summed E-state index contributed by atoms with van der Waals surface area (Å²) in [5.41, 5.74) is 3.76. The van der Waals surface area contributed by atoms with Gasteiger partial charge in [-0.2, -0.15) is 0 Å². The molecule has 0 fully saturated rings. The van der Waals surface area contributed by atoms with Crippen LogP contribution in [0, 0.1) is 6.92 Å². The molecule has 0 saturated heterocycles. The van der Waals surface area contributed by atoms with Crippen LogP contribution in [0.5, 0.6) is 0 Å². The Morgan fingerprint density at radius 3 is 2.41 bits per heavy atom. The Hall–Kier alpha value is -3.21. The monoisotopic (exact) mass is 360 g/mol. The molecule has 0 aliphatic carbocycles. The van der Waals surface area contributed by atoms with E-state index in [0.717, 1.165) is 18.5 Å². The Morgan fingerprint density at radius 2 is 1.70 bits per heavy atom. The van der Waals surface area contributed by atoms with Crippen LogP contribution in [0.25, 0.3) is 0 Å². The van der Waals surface area contributed by atoms with Crippen molar-refractivity contribution in [3.05, 3.63) is 83.3 Å². The lowest BCUT2D eigenvalue weighted by molar-refractivity contribution is 0.0949. The van der Waals surface area contributed by atoms with Crippen LogP contribution in [0.3, 0.4) is 0 Å². The summed E-state index contributed by atoms with van der Waals surface area (Å²) in [6, 6.07) is 19.9. The van der Waals surface area contributed by atoms with Gasteiger partial charge < -0.3 is 10.6 Å². The van der Waals surface area contributed by atoms with Crippen LogP contribution in [0.4, 0.5) is 11.5 Å². The van der Waals surface area contributed by atoms with E-state index in [4.69, 9.17) is 0 Å². The van der Waals surface area contributed by atoms with Gasteiger partial charge in [0.2, 0.25) is 0 Å². The molecule has 138 valence electrons. The van der Waals surface area contributed by atoms with Crippen LogP contribution in [-0.4, -0.2) is 22.4 Å². The average Bonchev–Trinajstić information content (AvgIpc) is 2.69. The van der Waals surface area contributed by atoms with E-state index in [0.29, 0.717) is 23.9 Å². The highest BCUT2D eigenvalue weighted by Gasteiger charge is 2.10. The minimum atomic E-state index is -0.194. The molecule has 27 heavy (non-hydrogen) atoms. The summed E-state index contributed by atoms with van der Waals surface area (Å²) in [6.07, 6.45) is 1.78. The van der Waals surface area contributed by atoms with Crippen molar-refractivity contribution in [2.24, 2.45) is 0 Å². The van der Waals surface area contributed by atoms with E-state index in [9.17, 15) is 4.79 Å². The zero-order chi connectivity index (χ0) is 19.1. The van der Waals surface area contributed by atoms with Gasteiger partial charge in [0.05, 0.1) is 0 Å². The largest absolute Gasteiger partial charge is 0.350 e. The number of nitrogens with zero attached hydrogens (tertiary/aromatic N) is 2. The van der Waals surface area contributed by atoms with Crippen molar-refractivity contribution in [2.75, 3.05) is 11.9 Å². The molecule has 3 rings (SSSR count). The standard InChI is InChI=1S/C22H24N4O/c1-3-17-9-11-19(12-10-17)26-21-15-20(24-16(2)25-21)22(27)23-14-13-18-7-5-4-6-8-18/h4-12,15H,3,13-14H2,1-2H3,(H,23,27)(H,24,25,26). The first-order valence-electron chi connectivity index (χ1n) is 9.18. The minimum Gasteiger partial charge on any atom is -0.350 e. The van der Waals surface area contributed by atoms with Crippen molar-refractivity contribution in [2.45, 2.75) is 26.7 Å². The van der Waals surface area contributed by atoms with Crippen molar-refractivity contribution in [3.8, 4) is 0 Å². The summed E-state index contributed by atoms with van der Waals surface area (Å²) in [6.45, 7) is 4.47. The Kier molecular flexibility index (Phi) is 6.15. The molecule has 2 aromatic carbocycles. The summed E-state index contributed by atoms with van der Waals surface area (Å²) in [5, 5.41) is 6.17. The molecule has 5 nitrogen and oxygen atoms in total. The lowest BCUT2D eigenvalue weighted by atomic mass is 10.1. The number of carbonyl (C=O) groups excluding carboxylic acids is 1. The third-order valence-corrected chi connectivity index (χ3v) is 4.25. The number of rotatable bonds is 7. The molecule has 0 spiro atoms. The molecule has 0 atom stereocenters. The maximum absolute atomic E-state index is 12.4. The number of carbonyl (C=O) groups is 1. The van der Waals surface area contributed by atoms with Gasteiger partial charge in [0.1, 0.15) is 17.3 Å². The van der Waals surface area contributed by atoms with Crippen molar-refractivity contribution in [1.82, 2.24) is 15.3 Å². The van der Waals surface area contributed by atoms with Gasteiger partial charge in [-0.3, -0.25) is 4.79 Å². The fourth-order valence-corrected chi connectivity index (χ4v) is 2.78. The van der Waals surface area contributed by atoms with Crippen LogP contribution < -0.4 is 10.6 Å². The second-order valence-corrected chi connectivity index (χ2v) is 6.35. The third kappa shape index (κ3) is 5.38. The number of anilines is 2. The topological polar surface area (TPSA) is 66.9 Å². The summed E-state index contributed by atoms with van der Waals surface area (Å²) in [7, 11) is 0. The lowest BCUT2D eigenvalue weighted by Gasteiger charge is -2.10. The smallest absolute Gasteiger partial charge is 0.270 e. The minimum absolute atomic E-state index is 0.194. The molecule has 0 bridgehead atoms. The van der Waals surface area contributed by atoms with Gasteiger partial charge in [-0.1, -0.05) is 49.4 Å². The highest BCUT2D eigenvalue weighted by atomic mass is 16.1. The first-order chi connectivity index (χ1) is 13.1. The second kappa shape index (κ2) is 8.94. The van der Waals surface area contributed by atoms with Gasteiger partial charge in [0.15, 0.2) is 0 Å². The molecular weight excluding hydrogens is 336 g/mol. The van der Waals surface area contributed by atoms with E-state index >= 15 is 0 Å². The number of hydrogen-bond donors (Lipinski definition) is 2. The number of aromatic nitrogens is 2. The Morgan fingerprint density at radius 1 is 0.963 bits per heavy atom. The maximum Gasteiger partial charge on any atom is 0.270 e. The molecule has 1 aromatic heterocycles. The molecule has 0 unspecified atom stereocenters. The van der Waals surface area contributed by atoms with Gasteiger partial charge in [0, 0.05) is 18.3 Å². The number of nitrogens with one attached hydrogen (secondary N) is 2. The quantitative estimate of drug-likeness (QED) is 0.667. The van der Waals surface area contributed by atoms with E-state index in [-0.39, 0.29) is 5.91 Å². The van der Waals surface area contributed by atoms with Gasteiger partial charge in [0.25, 0.3) is 5.91 Å². The Balaban J connectivity index is 1.63. The van der Waals surface area contributed by atoms with Crippen LogP contribution in [0.1, 0.15) is 34.4 Å². The fourth-order valence-electron chi connectivity index (χ4n) is 2.78. The molecule has 0 saturated carbocycles. The van der Waals surface area contributed by atoms with Gasteiger partial charge in [-0.15, -0.1) is 0 Å². The molecule has 2 N–H and O–H groups in total. The first kappa shape index (κ1) is 18.6. The molecular formula is C22H24N4O. The summed E-state index contributed by atoms with van der Waals surface area (Å²) < 4.78 is 0. The summed E-state index contributed by atoms with van der Waals surface area (Å²) in [4.78, 5) is 21.1. The molecule has 1 amide bonds. The van der Waals surface area contributed by atoms with Gasteiger partial charge in [-0.05, 0) is 43.0 Å². The third-order valence-electron chi connectivity index (χ3n) is 4.25. The first-order valence-corrected chi connectivity index (χ1v) is 9.18. The molecule has 0 aliphatic rings. The number of amides is 1. The predicted octanol–water partition coefficient (Wildman–Crippen LogP) is 4.06. The molecule has 3 aromatic rings. The molecule has 1 heterocycles. The second-order valence-electron chi connectivity index (χ2n) is 6.35. The average molecular weight is 360 g/mol. The lowest BCUT2D eigenvalue weighted by Crippen LogP contribution is -2.27. The van der Waals surface area contributed by atoms with Crippen LogP contribution in [0.2, 0.25) is 0 Å². The zero-order valence-electron chi connectivity index (χ0n) is 15.7. The zero-order valence-corrected chi connectivity index (χ0v) is 15.7. The normalized spacial score (nSPS) is 10.4. The van der Waals surface area contributed by atoms with Crippen molar-refractivity contribution in [1.29, 1.82) is 0 Å². The fraction of sp³-hybridized carbons (Fsp3) is 0.227. The Labute approximate surface area is 159 Å². The van der Waals surface area contributed by atoms with E-state index in [1.807, 2.05) is 42.5 Å². The van der Waals surface area contributed by atoms with Gasteiger partial charge in [-0.25, -0.2) is 9.97 Å². The van der Waals surface area contributed by atoms with Crippen LogP contribution in [-0.2, 0) is 12.8 Å². The molecule has 0 radical (unpaired) electrons. The van der Waals surface area contributed by atoms with Crippen molar-refractivity contribution < 1.29 is 4.79 Å². The number of aryl methyl sites for hydroxylation is 2. The SMILES string of the molecule is CCc1ccc(Nc2cc(C(=O)NCCc3ccccc3)nc(C)n2)cc1. The van der Waals surface area contributed by atoms with Gasteiger partial charge >= 0.3 is 0 Å². The number of benzene rings is 2. The predicted molar refractivity (Wildman–Crippen MR) is 108 cm³/mol. The van der Waals surface area contributed by atoms with E-state index in [2.05, 4.69) is 39.7 Å². The van der Waals surface area contributed by atoms with Crippen LogP contribution >= 0.6 is 0 Å². The van der Waals surface area contributed by atoms with Crippen molar-refractivity contribution >= 4 is 17.4 Å². The van der Waals surface area contributed by atoms with E-state index in [1.54, 1.807) is 13.0 Å². The van der Waals surface area contributed by atoms with E-state index < -0.39 is 0 Å². The van der Waals surface area contributed by atoms with Crippen molar-refractivity contribution in [3.63, 3.8) is 0 Å². The van der Waals surface area contributed by atoms with E-state index in [1.165, 1.54) is 11.1 Å². The summed E-state index contributed by atoms with van der Waals surface area (Å²) in [5.74, 6) is 0.971. The summed E-state index contributed by atoms with van der Waals surface area (Å²) >= 11 is 0. The van der Waals surface area contributed by atoms with Crippen LogP contribution in [0.15, 0.2) is 60.7 Å². The highest BCUT2D eigenvalue weighted by Crippen LogP contribution is 2.16.